The summed E-state index contributed by atoms with van der Waals surface area (Å²) in [7, 11) is -3.65. The molecule has 0 aliphatic rings. The van der Waals surface area contributed by atoms with Crippen molar-refractivity contribution in [3.63, 3.8) is 0 Å². The summed E-state index contributed by atoms with van der Waals surface area (Å²) >= 11 is 0. The summed E-state index contributed by atoms with van der Waals surface area (Å²) in [5, 5.41) is 2.74. The lowest BCUT2D eigenvalue weighted by Gasteiger charge is -2.28. The van der Waals surface area contributed by atoms with Crippen molar-refractivity contribution >= 4 is 21.6 Å². The number of carbonyl (C=O) groups is 1. The van der Waals surface area contributed by atoms with E-state index in [0.29, 0.717) is 18.0 Å². The van der Waals surface area contributed by atoms with E-state index in [0.717, 1.165) is 16.1 Å². The van der Waals surface area contributed by atoms with Gasteiger partial charge in [0.2, 0.25) is 15.9 Å². The van der Waals surface area contributed by atoms with Gasteiger partial charge in [0, 0.05) is 18.9 Å². The molecular weight excluding hydrogens is 354 g/mol. The second kappa shape index (κ2) is 8.66. The fraction of sp³-hybridized carbons (Fsp3) is 0.333. The number of amides is 1. The van der Waals surface area contributed by atoms with E-state index in [-0.39, 0.29) is 6.54 Å². The van der Waals surface area contributed by atoms with Gasteiger partial charge < -0.3 is 10.1 Å². The van der Waals surface area contributed by atoms with Gasteiger partial charge in [-0.3, -0.25) is 14.1 Å². The summed E-state index contributed by atoms with van der Waals surface area (Å²) in [4.78, 5) is 16.5. The van der Waals surface area contributed by atoms with Crippen LogP contribution >= 0.6 is 0 Å². The number of nitrogens with one attached hydrogen (secondary N) is 1. The Labute approximate surface area is 154 Å². The van der Waals surface area contributed by atoms with Crippen molar-refractivity contribution in [2.45, 2.75) is 26.4 Å². The topological polar surface area (TPSA) is 88.6 Å². The molecule has 0 saturated carbocycles. The molecule has 0 unspecified atom stereocenters. The van der Waals surface area contributed by atoms with Crippen molar-refractivity contribution in [1.29, 1.82) is 0 Å². The van der Waals surface area contributed by atoms with E-state index in [2.05, 4.69) is 10.3 Å². The highest BCUT2D eigenvalue weighted by atomic mass is 32.2. The number of pyridine rings is 1. The number of sulfonamides is 1. The molecule has 0 fully saturated rings. The summed E-state index contributed by atoms with van der Waals surface area (Å²) in [6.45, 7) is 4.21. The first kappa shape index (κ1) is 19.7. The Hall–Kier alpha value is -2.61. The number of ether oxygens (including phenoxy) is 1. The van der Waals surface area contributed by atoms with Crippen LogP contribution in [0.4, 0.5) is 5.69 Å². The normalized spacial score (nSPS) is 12.3. The molecule has 0 spiro atoms. The number of anilines is 1. The number of hydrogen-bond donors (Lipinski definition) is 1. The third-order valence-corrected chi connectivity index (χ3v) is 4.92. The maximum atomic E-state index is 12.5. The Balaban J connectivity index is 2.16. The van der Waals surface area contributed by atoms with Crippen LogP contribution in [0, 0.1) is 0 Å². The number of aromatic nitrogens is 1. The molecule has 7 nitrogen and oxygen atoms in total. The molecule has 2 aromatic rings. The molecule has 1 aromatic heterocycles. The summed E-state index contributed by atoms with van der Waals surface area (Å²) in [5.74, 6) is 0.242. The molecule has 26 heavy (non-hydrogen) atoms. The number of nitrogens with zero attached hydrogens (tertiary/aromatic N) is 2. The number of benzene rings is 1. The van der Waals surface area contributed by atoms with E-state index in [1.165, 1.54) is 0 Å². The maximum absolute atomic E-state index is 12.5. The molecule has 1 atom stereocenters. The van der Waals surface area contributed by atoms with Crippen LogP contribution in [0.3, 0.4) is 0 Å². The van der Waals surface area contributed by atoms with E-state index in [1.54, 1.807) is 49.6 Å². The minimum Gasteiger partial charge on any atom is -0.494 e. The van der Waals surface area contributed by atoms with Gasteiger partial charge in [0.15, 0.2) is 0 Å². The largest absolute Gasteiger partial charge is 0.494 e. The van der Waals surface area contributed by atoms with Crippen molar-refractivity contribution in [2.24, 2.45) is 0 Å². The zero-order chi connectivity index (χ0) is 19.2. The van der Waals surface area contributed by atoms with Crippen molar-refractivity contribution in [1.82, 2.24) is 10.3 Å². The molecule has 140 valence electrons. The highest BCUT2D eigenvalue weighted by Gasteiger charge is 2.29. The quantitative estimate of drug-likeness (QED) is 0.760. The predicted octanol–water partition coefficient (Wildman–Crippen LogP) is 1.95. The Kier molecular flexibility index (Phi) is 6.57. The minimum atomic E-state index is -3.65. The van der Waals surface area contributed by atoms with Crippen LogP contribution in [0.2, 0.25) is 0 Å². The van der Waals surface area contributed by atoms with Crippen LogP contribution < -0.4 is 14.4 Å². The van der Waals surface area contributed by atoms with Gasteiger partial charge in [0.1, 0.15) is 11.8 Å². The molecule has 1 amide bonds. The summed E-state index contributed by atoms with van der Waals surface area (Å²) in [6.07, 6.45) is 4.37. The van der Waals surface area contributed by atoms with Crippen molar-refractivity contribution < 1.29 is 17.9 Å². The summed E-state index contributed by atoms with van der Waals surface area (Å²) < 4.78 is 31.0. The molecule has 1 aromatic carbocycles. The average Bonchev–Trinajstić information content (AvgIpc) is 2.61. The standard InChI is InChI=1S/C18H23N3O4S/c1-4-25-17-9-7-16(8-10-17)21(26(3,23)24)14(2)18(22)20-13-15-6-5-11-19-12-15/h5-12,14H,4,13H2,1-3H3,(H,20,22)/t14-/m1/s1. The second-order valence-corrected chi connectivity index (χ2v) is 7.60. The Morgan fingerprint density at radius 3 is 2.50 bits per heavy atom. The zero-order valence-corrected chi connectivity index (χ0v) is 15.9. The van der Waals surface area contributed by atoms with Crippen LogP contribution in [-0.4, -0.2) is 38.2 Å². The number of hydrogen-bond acceptors (Lipinski definition) is 5. The Morgan fingerprint density at radius 1 is 1.27 bits per heavy atom. The molecule has 1 heterocycles. The first-order valence-electron chi connectivity index (χ1n) is 8.21. The molecule has 0 aliphatic heterocycles. The van der Waals surface area contributed by atoms with Crippen LogP contribution in [0.5, 0.6) is 5.75 Å². The SMILES string of the molecule is CCOc1ccc(N([C@H](C)C(=O)NCc2cccnc2)S(C)(=O)=O)cc1. The number of rotatable bonds is 8. The lowest BCUT2D eigenvalue weighted by atomic mass is 10.2. The highest BCUT2D eigenvalue weighted by molar-refractivity contribution is 7.92. The van der Waals surface area contributed by atoms with Gasteiger partial charge in [0.05, 0.1) is 18.6 Å². The molecule has 0 saturated heterocycles. The summed E-state index contributed by atoms with van der Waals surface area (Å²) in [6, 6.07) is 9.30. The molecule has 0 radical (unpaired) electrons. The lowest BCUT2D eigenvalue weighted by molar-refractivity contribution is -0.122. The molecule has 0 bridgehead atoms. The minimum absolute atomic E-state index is 0.276. The monoisotopic (exact) mass is 377 g/mol. The third kappa shape index (κ3) is 5.19. The first-order chi connectivity index (χ1) is 12.3. The fourth-order valence-corrected chi connectivity index (χ4v) is 3.68. The van der Waals surface area contributed by atoms with Crippen molar-refractivity contribution in [2.75, 3.05) is 17.2 Å². The van der Waals surface area contributed by atoms with E-state index >= 15 is 0 Å². The average molecular weight is 377 g/mol. The van der Waals surface area contributed by atoms with Crippen molar-refractivity contribution in [3.05, 3.63) is 54.4 Å². The fourth-order valence-electron chi connectivity index (χ4n) is 2.50. The third-order valence-electron chi connectivity index (χ3n) is 3.68. The molecular formula is C18H23N3O4S. The second-order valence-electron chi connectivity index (χ2n) is 5.74. The Morgan fingerprint density at radius 2 is 1.96 bits per heavy atom. The van der Waals surface area contributed by atoms with Gasteiger partial charge in [-0.25, -0.2) is 8.42 Å². The van der Waals surface area contributed by atoms with Crippen LogP contribution in [0.15, 0.2) is 48.8 Å². The molecule has 8 heteroatoms. The summed E-state index contributed by atoms with van der Waals surface area (Å²) in [5.41, 5.74) is 1.24. The highest BCUT2D eigenvalue weighted by Crippen LogP contribution is 2.24. The van der Waals surface area contributed by atoms with E-state index in [4.69, 9.17) is 4.74 Å². The molecule has 1 N–H and O–H groups in total. The van der Waals surface area contributed by atoms with E-state index in [1.807, 2.05) is 13.0 Å². The molecule has 2 rings (SSSR count). The Bertz CT molecular complexity index is 823. The van der Waals surface area contributed by atoms with Crippen LogP contribution in [0.25, 0.3) is 0 Å². The number of carbonyl (C=O) groups excluding carboxylic acids is 1. The first-order valence-corrected chi connectivity index (χ1v) is 10.1. The molecule has 0 aliphatic carbocycles. The van der Waals surface area contributed by atoms with Gasteiger partial charge in [-0.1, -0.05) is 6.07 Å². The van der Waals surface area contributed by atoms with Gasteiger partial charge in [-0.2, -0.15) is 0 Å². The van der Waals surface area contributed by atoms with Gasteiger partial charge >= 0.3 is 0 Å². The maximum Gasteiger partial charge on any atom is 0.243 e. The van der Waals surface area contributed by atoms with Crippen LogP contribution in [0.1, 0.15) is 19.4 Å². The lowest BCUT2D eigenvalue weighted by Crippen LogP contribution is -2.47. The van der Waals surface area contributed by atoms with Gasteiger partial charge in [0.25, 0.3) is 0 Å². The van der Waals surface area contributed by atoms with Crippen LogP contribution in [-0.2, 0) is 21.4 Å². The van der Waals surface area contributed by atoms with E-state index < -0.39 is 22.0 Å². The predicted molar refractivity (Wildman–Crippen MR) is 100 cm³/mol. The van der Waals surface area contributed by atoms with E-state index in [9.17, 15) is 13.2 Å². The smallest absolute Gasteiger partial charge is 0.243 e. The zero-order valence-electron chi connectivity index (χ0n) is 15.0. The van der Waals surface area contributed by atoms with Gasteiger partial charge in [-0.15, -0.1) is 0 Å². The van der Waals surface area contributed by atoms with Gasteiger partial charge in [-0.05, 0) is 49.7 Å². The van der Waals surface area contributed by atoms with Crippen molar-refractivity contribution in [3.8, 4) is 5.75 Å².